The Labute approximate surface area is 2150 Å². The Morgan fingerprint density at radius 2 is 0.0400 bits per heavy atom. The van der Waals surface area contributed by atoms with Gasteiger partial charge in [-0.2, -0.15) is 0 Å². The molecule has 100 heteroatoms. The summed E-state index contributed by atoms with van der Waals surface area (Å²) >= 11 is 0. The van der Waals surface area contributed by atoms with Gasteiger partial charge in [-0.15, -0.1) is 0 Å². The number of hydrogen-bond acceptors (Lipinski definition) is 0. The van der Waals surface area contributed by atoms with E-state index in [1.165, 1.54) is 0 Å². The van der Waals surface area contributed by atoms with Gasteiger partial charge in [0.1, 0.15) is 0 Å². The maximum Gasteiger partial charge on any atom is 0 e. The van der Waals surface area contributed by atoms with Crippen LogP contribution < -0.4 is 0 Å². The summed E-state index contributed by atoms with van der Waals surface area (Å²) in [5.41, 5.74) is 0. The monoisotopic (exact) mass is 10500 g/mol. The second kappa shape index (κ2) is 943. The Kier molecular flexibility index (Phi) is 9050. The van der Waals surface area contributed by atoms with E-state index in [2.05, 4.69) is 0 Å². The molecule has 0 heterocycles. The van der Waals surface area contributed by atoms with Crippen molar-refractivity contribution in [3.05, 3.63) is 0 Å². The van der Waals surface area contributed by atoms with Gasteiger partial charge in [-0.05, 0) is 0 Å². The zero-order valence-electron chi connectivity index (χ0n) is 36.0. The van der Waals surface area contributed by atoms with Crippen molar-refractivity contribution in [2.75, 3.05) is 0 Å². The van der Waals surface area contributed by atoms with Crippen LogP contribution in [0.4, 0.5) is 0 Å². The minimum atomic E-state index is 0. The predicted octanol–water partition coefficient (Wildman–Crippen LogP) is -10.8. The predicted molar refractivity (Wildman–Crippen MR) is 161 cm³/mol. The van der Waals surface area contributed by atoms with Crippen molar-refractivity contribution in [2.45, 2.75) is 0 Å². The molecular weight excluding hydrogens is 10500 g/mol. The first kappa shape index (κ1) is 960. The molecule has 0 aromatic heterocycles. The van der Waals surface area contributed by atoms with Crippen LogP contribution in [0, 0.1) is 0 Å². The number of hydrogen-bond donors (Lipinski definition) is 0. The minimum absolute atomic E-state index is 0. The maximum atomic E-state index is 0. The van der Waals surface area contributed by atoms with Gasteiger partial charge < -0.3 is 0 Å². The number of rotatable bonds is 0. The van der Waals surface area contributed by atoms with Crippen LogP contribution in [-0.2, 0) is 1540 Å². The molecule has 0 aromatic rings. The fourth-order valence-corrected chi connectivity index (χ4v) is 0. The average molecular weight is 10500 g/mol. The fourth-order valence-electron chi connectivity index (χ4n) is 0. The van der Waals surface area contributed by atoms with Crippen molar-refractivity contribution < 1.29 is 1540 Å². The zero-order chi connectivity index (χ0) is 0. The van der Waals surface area contributed by atoms with E-state index in [1.54, 1.807) is 0 Å². The van der Waals surface area contributed by atoms with Gasteiger partial charge in [0, 0.05) is 2220 Å². The zero-order valence-corrected chi connectivity index (χ0v) is 217. The van der Waals surface area contributed by atoms with Crippen LogP contribution in [0.5, 0.6) is 0 Å². The van der Waals surface area contributed by atoms with Crippen LogP contribution in [0.1, 0.15) is 0 Å². The summed E-state index contributed by atoms with van der Waals surface area (Å²) in [6, 6.07) is 0. The summed E-state index contributed by atoms with van der Waals surface area (Å²) in [4.78, 5) is 0. The van der Waals surface area contributed by atoms with E-state index in [1.807, 2.05) is 0 Å². The molecule has 0 fully saturated rings. The third-order valence-corrected chi connectivity index (χ3v) is 0. The molecule has 0 amide bonds. The van der Waals surface area contributed by atoms with Crippen LogP contribution in [0.2, 0.25) is 0 Å². The molecule has 0 rings (SSSR count). The van der Waals surface area contributed by atoms with Crippen molar-refractivity contribution >= 4 is 677 Å². The van der Waals surface area contributed by atoms with Gasteiger partial charge in [-0.3, -0.25) is 0 Å². The summed E-state index contributed by atoms with van der Waals surface area (Å²) in [6.07, 6.45) is 0. The average Bonchev–Trinajstić information content (AvgIpc) is 0. The normalized spacial score (nSPS) is 0. The molecular formula is Ag59Cu13In4Sn24. The Bertz CT molecular complexity index is 151. The van der Waals surface area contributed by atoms with Crippen LogP contribution in [0.15, 0.2) is 0 Å². The van der Waals surface area contributed by atoms with E-state index < -0.39 is 0 Å². The van der Waals surface area contributed by atoms with Crippen molar-refractivity contribution in [3.8, 4) is 0 Å². The fraction of sp³-hybridized carbons (Fsp3) is 0. The first-order chi connectivity index (χ1) is 0. The molecule has 0 saturated heterocycles. The van der Waals surface area contributed by atoms with Crippen LogP contribution >= 0.6 is 0 Å². The summed E-state index contributed by atoms with van der Waals surface area (Å²) in [5.74, 6) is 0. The quantitative estimate of drug-likeness (QED) is 0.212. The molecule has 100 heavy (non-hydrogen) atoms. The van der Waals surface area contributed by atoms with E-state index in [-0.39, 0.29) is 2220 Å². The van der Waals surface area contributed by atoms with Gasteiger partial charge >= 0.3 is 0 Å². The van der Waals surface area contributed by atoms with Crippen LogP contribution in [0.25, 0.3) is 0 Å². The van der Waals surface area contributed by atoms with Crippen LogP contribution in [-0.4, -0.2) is 677 Å². The van der Waals surface area contributed by atoms with Crippen molar-refractivity contribution in [2.24, 2.45) is 0 Å². The molecule has 900 valence electrons. The molecule has 180 radical (unpaired) electrons. The van der Waals surface area contributed by atoms with Gasteiger partial charge in [-0.1, -0.05) is 0 Å². The Morgan fingerprint density at radius 3 is 0.0400 bits per heavy atom. The molecule has 0 aliphatic carbocycles. The summed E-state index contributed by atoms with van der Waals surface area (Å²) in [7, 11) is 0. The van der Waals surface area contributed by atoms with Crippen molar-refractivity contribution in [3.63, 3.8) is 0 Å². The molecule has 0 atom stereocenters. The molecule has 0 aliphatic rings. The molecule has 0 bridgehead atoms. The second-order valence-electron chi connectivity index (χ2n) is 0. The second-order valence-corrected chi connectivity index (χ2v) is 0. The van der Waals surface area contributed by atoms with Gasteiger partial charge in [-0.25, -0.2) is 0 Å². The van der Waals surface area contributed by atoms with E-state index >= 15 is 0 Å². The first-order valence-corrected chi connectivity index (χ1v) is 0. The summed E-state index contributed by atoms with van der Waals surface area (Å²) in [6.45, 7) is 0. The topological polar surface area (TPSA) is 0 Å². The molecule has 0 saturated carbocycles. The largest absolute Gasteiger partial charge is 0 e. The van der Waals surface area contributed by atoms with E-state index in [9.17, 15) is 0 Å². The summed E-state index contributed by atoms with van der Waals surface area (Å²) in [5, 5.41) is 0. The summed E-state index contributed by atoms with van der Waals surface area (Å²) < 4.78 is 0. The van der Waals surface area contributed by atoms with Crippen LogP contribution in [0.3, 0.4) is 0 Å². The third kappa shape index (κ3) is 927. The Balaban J connectivity index is 0. The smallest absolute Gasteiger partial charge is 0 e. The van der Waals surface area contributed by atoms with E-state index in [4.69, 9.17) is 0 Å². The Morgan fingerprint density at radius 1 is 0.0400 bits per heavy atom. The SMILES string of the molecule is [Ag].[Ag].[Ag].[Ag].[Ag].[Ag].[Ag].[Ag].[Ag].[Ag].[Ag].[Ag].[Ag].[Ag].[Ag].[Ag].[Ag].[Ag].[Ag].[Ag].[Ag].[Ag].[Ag].[Ag].[Ag].[Ag].[Ag].[Ag].[Ag].[Ag].[Ag].[Ag].[Ag].[Ag].[Ag].[Ag].[Ag].[Ag].[Ag].[Ag].[Ag].[Ag].[Ag].[Ag].[Ag].[Ag].[Ag].[Ag].[Ag].[Ag].[Ag].[Ag].[Ag].[Ag].[Ag].[Ag].[Ag].[Ag].[Ag].[Cu].[Cu].[Cu].[Cu].[Cu].[Cu].[Cu].[Cu].[Cu].[Cu].[Cu].[Cu].[Cu].[In].[In].[In].[In].[Sn].[Sn].[Sn].[Sn].[Sn].[Sn].[Sn].[Sn].[Sn].[Sn].[Sn].[Sn].[Sn].[Sn].[Sn].[Sn].[Sn].[Sn].[Sn].[Sn].[Sn].[Sn].[Sn].[Sn]. The van der Waals surface area contributed by atoms with Gasteiger partial charge in [0.2, 0.25) is 0 Å². The standard InChI is InChI=1S/59Ag.13Cu.4In.24Sn. The molecule has 0 aliphatic heterocycles. The molecule has 0 spiro atoms. The Hall–Kier alpha value is 73.1. The maximum absolute atomic E-state index is 0. The van der Waals surface area contributed by atoms with Gasteiger partial charge in [0.15, 0.2) is 0 Å². The molecule has 0 aromatic carbocycles. The third-order valence-electron chi connectivity index (χ3n) is 0. The molecule has 0 N–H and O–H groups in total. The first-order valence-electron chi connectivity index (χ1n) is 0. The van der Waals surface area contributed by atoms with E-state index in [0.717, 1.165) is 0 Å². The molecule has 0 nitrogen and oxygen atoms in total. The van der Waals surface area contributed by atoms with Gasteiger partial charge in [0.25, 0.3) is 0 Å². The minimum Gasteiger partial charge on any atom is 0 e. The van der Waals surface area contributed by atoms with Crippen molar-refractivity contribution in [1.82, 2.24) is 0 Å². The molecule has 0 unspecified atom stereocenters. The van der Waals surface area contributed by atoms with Gasteiger partial charge in [0.05, 0.1) is 0 Å². The van der Waals surface area contributed by atoms with Crippen molar-refractivity contribution in [1.29, 1.82) is 0 Å². The van der Waals surface area contributed by atoms with E-state index in [0.29, 0.717) is 0 Å².